The van der Waals surface area contributed by atoms with Crippen molar-refractivity contribution in [3.05, 3.63) is 0 Å². The Labute approximate surface area is 89.9 Å². The van der Waals surface area contributed by atoms with Crippen LogP contribution in [0.5, 0.6) is 0 Å². The Hall–Kier alpha value is -0.650. The highest BCUT2D eigenvalue weighted by atomic mass is 16.7. The molecule has 88 valence electrons. The van der Waals surface area contributed by atoms with Crippen LogP contribution in [0.4, 0.5) is 0 Å². The lowest BCUT2D eigenvalue weighted by Gasteiger charge is -2.32. The van der Waals surface area contributed by atoms with Crippen molar-refractivity contribution in [2.45, 2.75) is 44.5 Å². The number of hydrogen-bond acceptors (Lipinski definition) is 4. The molecule has 1 saturated heterocycles. The Kier molecular flexibility index (Phi) is 4.50. The van der Waals surface area contributed by atoms with Crippen LogP contribution in [-0.4, -0.2) is 48.5 Å². The lowest BCUT2D eigenvalue weighted by molar-refractivity contribution is -0.178. The molecule has 1 rings (SSSR count). The summed E-state index contributed by atoms with van der Waals surface area (Å²) in [5, 5.41) is 10.8. The second kappa shape index (κ2) is 5.44. The highest BCUT2D eigenvalue weighted by molar-refractivity contribution is 5.75. The van der Waals surface area contributed by atoms with E-state index in [9.17, 15) is 9.90 Å². The number of amides is 1. The first-order valence-corrected chi connectivity index (χ1v) is 5.18. The second-order valence-electron chi connectivity index (χ2n) is 3.91. The summed E-state index contributed by atoms with van der Waals surface area (Å²) in [4.78, 5) is 16.3. The van der Waals surface area contributed by atoms with Crippen LogP contribution in [0.25, 0.3) is 0 Å². The number of ether oxygens (including phenoxy) is 1. The molecule has 0 aliphatic carbocycles. The third-order valence-corrected chi connectivity index (χ3v) is 2.71. The first-order chi connectivity index (χ1) is 7.04. The maximum Gasteiger partial charge on any atom is 0.248 e. The monoisotopic (exact) mass is 217 g/mol. The standard InChI is InChI=1S/C10H19NO4/c1-7-4-5-8(12)9(15-7)6-10(13)11(2)14-3/h7-9,12H,4-6H2,1-3H3/t7-,8-,9-/m1/s1. The third-order valence-electron chi connectivity index (χ3n) is 2.71. The summed E-state index contributed by atoms with van der Waals surface area (Å²) in [5.41, 5.74) is 0. The predicted octanol–water partition coefficient (Wildman–Crippen LogP) is 0.325. The van der Waals surface area contributed by atoms with Crippen LogP contribution in [-0.2, 0) is 14.4 Å². The smallest absolute Gasteiger partial charge is 0.248 e. The van der Waals surface area contributed by atoms with Crippen molar-refractivity contribution in [3.8, 4) is 0 Å². The number of nitrogens with zero attached hydrogens (tertiary/aromatic N) is 1. The Morgan fingerprint density at radius 2 is 2.27 bits per heavy atom. The molecule has 15 heavy (non-hydrogen) atoms. The fraction of sp³-hybridized carbons (Fsp3) is 0.900. The molecule has 0 radical (unpaired) electrons. The molecule has 0 aromatic rings. The quantitative estimate of drug-likeness (QED) is 0.692. The van der Waals surface area contributed by atoms with E-state index in [0.29, 0.717) is 6.42 Å². The van der Waals surface area contributed by atoms with Gasteiger partial charge in [0.05, 0.1) is 31.8 Å². The van der Waals surface area contributed by atoms with E-state index in [1.165, 1.54) is 7.11 Å². The van der Waals surface area contributed by atoms with Gasteiger partial charge in [0.2, 0.25) is 5.91 Å². The number of rotatable bonds is 3. The van der Waals surface area contributed by atoms with Gasteiger partial charge in [-0.1, -0.05) is 0 Å². The van der Waals surface area contributed by atoms with Crippen LogP contribution in [0.15, 0.2) is 0 Å². The molecule has 0 spiro atoms. The van der Waals surface area contributed by atoms with Crippen molar-refractivity contribution in [1.82, 2.24) is 5.06 Å². The molecule has 5 heteroatoms. The average Bonchev–Trinajstić information content (AvgIpc) is 2.22. The molecule has 3 atom stereocenters. The van der Waals surface area contributed by atoms with Crippen molar-refractivity contribution in [2.75, 3.05) is 14.2 Å². The van der Waals surface area contributed by atoms with E-state index in [2.05, 4.69) is 0 Å². The zero-order valence-electron chi connectivity index (χ0n) is 9.47. The maximum atomic E-state index is 11.5. The molecule has 1 fully saturated rings. The Morgan fingerprint density at radius 3 is 2.87 bits per heavy atom. The van der Waals surface area contributed by atoms with Gasteiger partial charge in [0.1, 0.15) is 0 Å². The fourth-order valence-electron chi connectivity index (χ4n) is 1.64. The number of aliphatic hydroxyl groups is 1. The largest absolute Gasteiger partial charge is 0.390 e. The fourth-order valence-corrected chi connectivity index (χ4v) is 1.64. The van der Waals surface area contributed by atoms with Gasteiger partial charge in [-0.2, -0.15) is 0 Å². The molecular weight excluding hydrogens is 198 g/mol. The van der Waals surface area contributed by atoms with E-state index in [1.54, 1.807) is 7.05 Å². The average molecular weight is 217 g/mol. The second-order valence-corrected chi connectivity index (χ2v) is 3.91. The van der Waals surface area contributed by atoms with Gasteiger partial charge < -0.3 is 9.84 Å². The molecule has 1 aliphatic rings. The Balaban J connectivity index is 2.45. The van der Waals surface area contributed by atoms with E-state index < -0.39 is 12.2 Å². The molecule has 5 nitrogen and oxygen atoms in total. The number of carbonyl (C=O) groups excluding carboxylic acids is 1. The summed E-state index contributed by atoms with van der Waals surface area (Å²) < 4.78 is 5.51. The number of aliphatic hydroxyl groups excluding tert-OH is 1. The van der Waals surface area contributed by atoms with E-state index >= 15 is 0 Å². The van der Waals surface area contributed by atoms with Crippen molar-refractivity contribution in [2.24, 2.45) is 0 Å². The maximum absolute atomic E-state index is 11.5. The van der Waals surface area contributed by atoms with Crippen LogP contribution in [0.2, 0.25) is 0 Å². The van der Waals surface area contributed by atoms with Gasteiger partial charge in [0.25, 0.3) is 0 Å². The van der Waals surface area contributed by atoms with Crippen LogP contribution in [0.3, 0.4) is 0 Å². The van der Waals surface area contributed by atoms with E-state index in [0.717, 1.165) is 11.5 Å². The minimum Gasteiger partial charge on any atom is -0.390 e. The van der Waals surface area contributed by atoms with Gasteiger partial charge in [0, 0.05) is 7.05 Å². The van der Waals surface area contributed by atoms with Crippen molar-refractivity contribution < 1.29 is 19.5 Å². The Bertz CT molecular complexity index is 221. The lowest BCUT2D eigenvalue weighted by Crippen LogP contribution is -2.41. The first kappa shape index (κ1) is 12.4. The summed E-state index contributed by atoms with van der Waals surface area (Å²) in [6.45, 7) is 1.95. The zero-order chi connectivity index (χ0) is 11.4. The predicted molar refractivity (Wildman–Crippen MR) is 54.0 cm³/mol. The molecule has 0 unspecified atom stereocenters. The summed E-state index contributed by atoms with van der Waals surface area (Å²) >= 11 is 0. The van der Waals surface area contributed by atoms with Gasteiger partial charge in [0.15, 0.2) is 0 Å². The topological polar surface area (TPSA) is 59.0 Å². The molecule has 1 heterocycles. The molecule has 1 N–H and O–H groups in total. The summed E-state index contributed by atoms with van der Waals surface area (Å²) in [7, 11) is 2.97. The van der Waals surface area contributed by atoms with Gasteiger partial charge in [-0.3, -0.25) is 9.63 Å². The molecule has 0 aromatic heterocycles. The third kappa shape index (κ3) is 3.44. The van der Waals surface area contributed by atoms with Crippen LogP contribution < -0.4 is 0 Å². The molecular formula is C10H19NO4. The van der Waals surface area contributed by atoms with Crippen LogP contribution in [0.1, 0.15) is 26.2 Å². The minimum absolute atomic E-state index is 0.110. The van der Waals surface area contributed by atoms with Crippen molar-refractivity contribution in [1.29, 1.82) is 0 Å². The lowest BCUT2D eigenvalue weighted by atomic mass is 9.99. The normalized spacial score (nSPS) is 31.3. The van der Waals surface area contributed by atoms with Crippen LogP contribution in [0, 0.1) is 0 Å². The molecule has 0 saturated carbocycles. The number of hydroxylamine groups is 2. The SMILES string of the molecule is CON(C)C(=O)C[C@H]1O[C@H](C)CC[C@H]1O. The van der Waals surface area contributed by atoms with Crippen molar-refractivity contribution >= 4 is 5.91 Å². The Morgan fingerprint density at radius 1 is 1.60 bits per heavy atom. The molecule has 1 amide bonds. The molecule has 1 aliphatic heterocycles. The van der Waals surface area contributed by atoms with E-state index in [-0.39, 0.29) is 18.4 Å². The summed E-state index contributed by atoms with van der Waals surface area (Å²) in [5.74, 6) is -0.185. The van der Waals surface area contributed by atoms with Gasteiger partial charge in [-0.05, 0) is 19.8 Å². The van der Waals surface area contributed by atoms with Gasteiger partial charge in [-0.15, -0.1) is 0 Å². The van der Waals surface area contributed by atoms with E-state index in [1.807, 2.05) is 6.92 Å². The zero-order valence-corrected chi connectivity index (χ0v) is 9.47. The first-order valence-electron chi connectivity index (χ1n) is 5.18. The highest BCUT2D eigenvalue weighted by Gasteiger charge is 2.30. The summed E-state index contributed by atoms with van der Waals surface area (Å²) in [6.07, 6.45) is 0.853. The highest BCUT2D eigenvalue weighted by Crippen LogP contribution is 2.21. The van der Waals surface area contributed by atoms with Crippen molar-refractivity contribution in [3.63, 3.8) is 0 Å². The van der Waals surface area contributed by atoms with Gasteiger partial charge in [-0.25, -0.2) is 5.06 Å². The van der Waals surface area contributed by atoms with Crippen LogP contribution >= 0.6 is 0 Å². The molecule has 0 aromatic carbocycles. The molecule has 0 bridgehead atoms. The number of carbonyl (C=O) groups is 1. The minimum atomic E-state index is -0.546. The summed E-state index contributed by atoms with van der Waals surface area (Å²) in [6, 6.07) is 0. The van der Waals surface area contributed by atoms with Gasteiger partial charge >= 0.3 is 0 Å². The van der Waals surface area contributed by atoms with E-state index in [4.69, 9.17) is 9.57 Å². The number of hydrogen-bond donors (Lipinski definition) is 1.